The van der Waals surface area contributed by atoms with Crippen LogP contribution < -0.4 is 5.32 Å². The molecule has 0 aromatic carbocycles. The molecule has 1 amide bonds. The number of carbonyl (C=O) groups excluding carboxylic acids is 1. The van der Waals surface area contributed by atoms with Crippen LogP contribution in [0.2, 0.25) is 0 Å². The van der Waals surface area contributed by atoms with Gasteiger partial charge < -0.3 is 104 Å². The van der Waals surface area contributed by atoms with Gasteiger partial charge in [-0.2, -0.15) is 0 Å². The van der Waals surface area contributed by atoms with E-state index in [9.17, 15) is 66.1 Å². The normalized spacial score (nSPS) is 43.9. The van der Waals surface area contributed by atoms with Crippen LogP contribution in [-0.2, 0) is 42.7 Å². The zero-order valence-corrected chi connectivity index (χ0v) is 31.0. The predicted octanol–water partition coefficient (Wildman–Crippen LogP) is -6.71. The first-order chi connectivity index (χ1) is 27.2. The summed E-state index contributed by atoms with van der Waals surface area (Å²) < 4.78 is 45.0. The minimum atomic E-state index is -1.95. The Labute approximate surface area is 325 Å². The van der Waals surface area contributed by atoms with Crippen LogP contribution in [0, 0.1) is 0 Å². The standard InChI is InChI=1S/C32H56N4O21/c1-12(40)35-17-21(44)19(42)16(55-29(17)57-28-20(43)14(9-38)52-31(26(28)49)50-7-5-3-2-4-6-34-36-33)11-51-30-25(48)23(46)27(15(10-39)54-30)56-32-24(47)22(45)18(41)13(8-37)53-32/h13-32,37-39,41-49H,2-11H2,1H3,(H,35,40)/t13-,14-,15-,16-,17-,18+,19-,20+,21-,22+,23-,24-,25-,26-,27-,28+,29+,30-,31-,32+/m1/s1. The fraction of sp³-hybridized carbons (Fsp3) is 0.969. The van der Waals surface area contributed by atoms with Crippen LogP contribution >= 0.6 is 0 Å². The quantitative estimate of drug-likeness (QED) is 0.0249. The Morgan fingerprint density at radius 2 is 1.14 bits per heavy atom. The number of aliphatic hydroxyl groups is 12. The fourth-order valence-electron chi connectivity index (χ4n) is 6.85. The van der Waals surface area contributed by atoms with Crippen molar-refractivity contribution >= 4 is 5.91 Å². The molecular formula is C32H56N4O21. The number of nitrogens with zero attached hydrogens (tertiary/aromatic N) is 3. The third-order valence-electron chi connectivity index (χ3n) is 10.1. The smallest absolute Gasteiger partial charge is 0.217 e. The van der Waals surface area contributed by atoms with Crippen molar-refractivity contribution in [3.8, 4) is 0 Å². The van der Waals surface area contributed by atoms with E-state index in [0.717, 1.165) is 13.3 Å². The molecule has 4 fully saturated rings. The average Bonchev–Trinajstić information content (AvgIpc) is 3.19. The molecule has 4 heterocycles. The second-order valence-corrected chi connectivity index (χ2v) is 14.1. The van der Waals surface area contributed by atoms with Crippen LogP contribution in [0.15, 0.2) is 5.11 Å². The van der Waals surface area contributed by atoms with Gasteiger partial charge in [0.25, 0.3) is 0 Å². The van der Waals surface area contributed by atoms with Gasteiger partial charge in [-0.25, -0.2) is 0 Å². The van der Waals surface area contributed by atoms with Gasteiger partial charge in [-0.15, -0.1) is 0 Å². The monoisotopic (exact) mass is 832 g/mol. The highest BCUT2D eigenvalue weighted by atomic mass is 16.8. The molecule has 20 atom stereocenters. The molecule has 25 heteroatoms. The predicted molar refractivity (Wildman–Crippen MR) is 182 cm³/mol. The van der Waals surface area contributed by atoms with Gasteiger partial charge in [0.15, 0.2) is 25.2 Å². The highest BCUT2D eigenvalue weighted by Gasteiger charge is 2.54. The van der Waals surface area contributed by atoms with Crippen molar-refractivity contribution < 1.29 is 104 Å². The Kier molecular flexibility index (Phi) is 18.8. The van der Waals surface area contributed by atoms with Gasteiger partial charge in [-0.3, -0.25) is 4.79 Å². The minimum absolute atomic E-state index is 0.0878. The number of hydrogen-bond donors (Lipinski definition) is 13. The molecule has 25 nitrogen and oxygen atoms in total. The Balaban J connectivity index is 1.42. The van der Waals surface area contributed by atoms with Crippen molar-refractivity contribution in [3.63, 3.8) is 0 Å². The molecule has 4 aliphatic rings. The SMILES string of the molecule is CC(=O)N[C@H]1[C@H](O[C@H]2[C@@H](O)[C@@H](CO)O[C@@H](OCCCCCCN=[N+]=[N-])[C@@H]2O)O[C@H](CO[C@@H]2O[C@H](CO)[C@@H](O[C@@H]3O[C@H](CO)[C@H](O)[C@H](O)[C@H]3O)[C@H](O)[C@H]2O)[C@@H](O)[C@@H]1O. The van der Waals surface area contributed by atoms with Gasteiger partial charge in [0.05, 0.1) is 26.4 Å². The number of aliphatic hydroxyl groups excluding tert-OH is 12. The van der Waals surface area contributed by atoms with E-state index in [2.05, 4.69) is 15.3 Å². The van der Waals surface area contributed by atoms with Crippen LogP contribution in [0.25, 0.3) is 10.4 Å². The molecule has 0 aromatic heterocycles. The summed E-state index contributed by atoms with van der Waals surface area (Å²) in [5.41, 5.74) is 8.38. The molecule has 4 aliphatic heterocycles. The largest absolute Gasteiger partial charge is 0.394 e. The first-order valence-electron chi connectivity index (χ1n) is 18.6. The van der Waals surface area contributed by atoms with E-state index in [1.165, 1.54) is 0 Å². The van der Waals surface area contributed by atoms with E-state index in [1.807, 2.05) is 0 Å². The summed E-state index contributed by atoms with van der Waals surface area (Å²) in [5, 5.41) is 132. The molecule has 0 aromatic rings. The topological polar surface area (TPSA) is 394 Å². The second kappa shape index (κ2) is 22.5. The van der Waals surface area contributed by atoms with Gasteiger partial charge >= 0.3 is 0 Å². The van der Waals surface area contributed by atoms with Gasteiger partial charge in [0.1, 0.15) is 97.6 Å². The first kappa shape index (κ1) is 47.7. The van der Waals surface area contributed by atoms with Crippen molar-refractivity contribution in [2.45, 2.75) is 155 Å². The molecule has 57 heavy (non-hydrogen) atoms. The summed E-state index contributed by atoms with van der Waals surface area (Å²) in [6, 6.07) is -1.51. The molecule has 13 N–H and O–H groups in total. The van der Waals surface area contributed by atoms with E-state index in [4.69, 9.17) is 43.4 Å². The van der Waals surface area contributed by atoms with Crippen LogP contribution in [0.5, 0.6) is 0 Å². The van der Waals surface area contributed by atoms with Crippen molar-refractivity contribution in [1.82, 2.24) is 5.32 Å². The van der Waals surface area contributed by atoms with E-state index >= 15 is 0 Å². The first-order valence-corrected chi connectivity index (χ1v) is 18.6. The lowest BCUT2D eigenvalue weighted by atomic mass is 9.95. The summed E-state index contributed by atoms with van der Waals surface area (Å²) >= 11 is 0. The molecular weight excluding hydrogens is 776 g/mol. The molecule has 4 saturated heterocycles. The summed E-state index contributed by atoms with van der Waals surface area (Å²) in [5.74, 6) is -0.691. The minimum Gasteiger partial charge on any atom is -0.394 e. The summed E-state index contributed by atoms with van der Waals surface area (Å²) in [6.07, 6.45) is -29.4. The van der Waals surface area contributed by atoms with Crippen LogP contribution in [-0.4, -0.2) is 230 Å². The Morgan fingerprint density at radius 3 is 1.79 bits per heavy atom. The van der Waals surface area contributed by atoms with Crippen LogP contribution in [0.1, 0.15) is 32.6 Å². The fourth-order valence-corrected chi connectivity index (χ4v) is 6.85. The Bertz CT molecular complexity index is 1270. The van der Waals surface area contributed by atoms with Gasteiger partial charge in [-0.1, -0.05) is 18.0 Å². The third kappa shape index (κ3) is 11.8. The van der Waals surface area contributed by atoms with Gasteiger partial charge in [-0.05, 0) is 18.4 Å². The zero-order chi connectivity index (χ0) is 42.0. The molecule has 0 bridgehead atoms. The van der Waals surface area contributed by atoms with Crippen molar-refractivity contribution in [2.24, 2.45) is 5.11 Å². The zero-order valence-electron chi connectivity index (χ0n) is 31.0. The lowest BCUT2D eigenvalue weighted by Gasteiger charge is -2.48. The van der Waals surface area contributed by atoms with Gasteiger partial charge in [0, 0.05) is 25.0 Å². The number of ether oxygens (including phenoxy) is 8. The van der Waals surface area contributed by atoms with E-state index in [1.54, 1.807) is 0 Å². The maximum absolute atomic E-state index is 12.1. The second-order valence-electron chi connectivity index (χ2n) is 14.1. The number of unbranched alkanes of at least 4 members (excludes halogenated alkanes) is 3. The number of carbonyl (C=O) groups is 1. The Morgan fingerprint density at radius 1 is 0.596 bits per heavy atom. The maximum atomic E-state index is 12.1. The maximum Gasteiger partial charge on any atom is 0.217 e. The van der Waals surface area contributed by atoms with E-state index in [0.29, 0.717) is 25.8 Å². The molecule has 330 valence electrons. The average molecular weight is 833 g/mol. The highest BCUT2D eigenvalue weighted by molar-refractivity contribution is 5.73. The number of azide groups is 1. The van der Waals surface area contributed by atoms with Crippen molar-refractivity contribution in [1.29, 1.82) is 0 Å². The number of rotatable bonds is 19. The number of amides is 1. The molecule has 0 spiro atoms. The molecule has 0 aliphatic carbocycles. The van der Waals surface area contributed by atoms with Crippen molar-refractivity contribution in [3.05, 3.63) is 10.4 Å². The van der Waals surface area contributed by atoms with Crippen molar-refractivity contribution in [2.75, 3.05) is 39.6 Å². The lowest BCUT2D eigenvalue weighted by Crippen LogP contribution is -2.68. The molecule has 0 radical (unpaired) electrons. The number of hydrogen-bond acceptors (Lipinski definition) is 22. The van der Waals surface area contributed by atoms with Crippen LogP contribution in [0.3, 0.4) is 0 Å². The molecule has 0 unspecified atom stereocenters. The summed E-state index contributed by atoms with van der Waals surface area (Å²) in [7, 11) is 0. The molecule has 0 saturated carbocycles. The number of nitrogens with one attached hydrogen (secondary N) is 1. The third-order valence-corrected chi connectivity index (χ3v) is 10.1. The summed E-state index contributed by atoms with van der Waals surface area (Å²) in [4.78, 5) is 14.8. The van der Waals surface area contributed by atoms with Crippen LogP contribution in [0.4, 0.5) is 0 Å². The summed E-state index contributed by atoms with van der Waals surface area (Å²) in [6.45, 7) is -1.57. The van der Waals surface area contributed by atoms with Gasteiger partial charge in [0.2, 0.25) is 5.91 Å². The lowest BCUT2D eigenvalue weighted by molar-refractivity contribution is -0.367. The highest BCUT2D eigenvalue weighted by Crippen LogP contribution is 2.32. The Hall–Kier alpha value is -2.02. The van der Waals surface area contributed by atoms with E-state index in [-0.39, 0.29) is 6.61 Å². The van der Waals surface area contributed by atoms with E-state index < -0.39 is 155 Å². The molecule has 4 rings (SSSR count).